The third kappa shape index (κ3) is 4.09. The van der Waals surface area contributed by atoms with E-state index < -0.39 is 11.0 Å². The highest BCUT2D eigenvalue weighted by atomic mass is 32.1. The van der Waals surface area contributed by atoms with Crippen LogP contribution in [-0.2, 0) is 6.42 Å². The van der Waals surface area contributed by atoms with Crippen LogP contribution in [0.4, 0.5) is 5.69 Å². The molecule has 0 saturated carbocycles. The molecule has 0 saturated heterocycles. The van der Waals surface area contributed by atoms with Gasteiger partial charge < -0.3 is 4.74 Å². The number of fused-ring (bicyclic) bond motifs is 3. The summed E-state index contributed by atoms with van der Waals surface area (Å²) in [4.78, 5) is 30.6. The van der Waals surface area contributed by atoms with Gasteiger partial charge in [0.2, 0.25) is 0 Å². The van der Waals surface area contributed by atoms with E-state index in [1.165, 1.54) is 23.0 Å². The number of benzene rings is 3. The second kappa shape index (κ2) is 9.29. The number of aromatic nitrogens is 1. The van der Waals surface area contributed by atoms with Gasteiger partial charge in [0.05, 0.1) is 27.8 Å². The topological polar surface area (TPSA) is 86.7 Å². The molecular weight excluding hydrogens is 486 g/mol. The molecule has 0 spiro atoms. The van der Waals surface area contributed by atoms with Crippen LogP contribution in [0.3, 0.4) is 0 Å². The van der Waals surface area contributed by atoms with E-state index in [-0.39, 0.29) is 11.2 Å². The molecule has 1 atom stereocenters. The minimum atomic E-state index is -0.456. The molecule has 0 bridgehead atoms. The average molecular weight is 510 g/mol. The quantitative estimate of drug-likeness (QED) is 0.290. The lowest BCUT2D eigenvalue weighted by Crippen LogP contribution is -2.38. The van der Waals surface area contributed by atoms with E-state index in [0.717, 1.165) is 41.0 Å². The Morgan fingerprint density at radius 2 is 1.92 bits per heavy atom. The molecule has 2 heterocycles. The van der Waals surface area contributed by atoms with Gasteiger partial charge in [-0.15, -0.1) is 0 Å². The molecule has 1 aromatic heterocycles. The van der Waals surface area contributed by atoms with Crippen molar-refractivity contribution in [3.63, 3.8) is 0 Å². The zero-order chi connectivity index (χ0) is 25.5. The number of nitro benzene ring substituents is 1. The second-order valence-corrected chi connectivity index (χ2v) is 9.98. The number of nitrogens with zero attached hydrogens (tertiary/aromatic N) is 3. The summed E-state index contributed by atoms with van der Waals surface area (Å²) < 4.78 is 7.79. The third-order valence-corrected chi connectivity index (χ3v) is 7.74. The first-order valence-corrected chi connectivity index (χ1v) is 13.0. The van der Waals surface area contributed by atoms with E-state index in [2.05, 4.69) is 12.1 Å². The lowest BCUT2D eigenvalue weighted by atomic mass is 9.83. The van der Waals surface area contributed by atoms with E-state index in [1.807, 2.05) is 55.5 Å². The highest BCUT2D eigenvalue weighted by Gasteiger charge is 2.33. The predicted octanol–water partition coefficient (Wildman–Crippen LogP) is 4.63. The van der Waals surface area contributed by atoms with Gasteiger partial charge in [-0.05, 0) is 60.2 Å². The fraction of sp³-hybridized carbons (Fsp3) is 0.172. The number of hydrogen-bond acceptors (Lipinski definition) is 6. The van der Waals surface area contributed by atoms with Crippen LogP contribution in [0.5, 0.6) is 5.75 Å². The first-order chi connectivity index (χ1) is 18.0. The van der Waals surface area contributed by atoms with Crippen molar-refractivity contribution in [1.82, 2.24) is 4.57 Å². The zero-order valence-electron chi connectivity index (χ0n) is 20.1. The summed E-state index contributed by atoms with van der Waals surface area (Å²) in [7, 11) is 0. The minimum Gasteiger partial charge on any atom is -0.494 e. The Labute approximate surface area is 216 Å². The van der Waals surface area contributed by atoms with Crippen LogP contribution < -0.4 is 19.6 Å². The fourth-order valence-corrected chi connectivity index (χ4v) is 6.11. The molecule has 3 aromatic carbocycles. The Balaban J connectivity index is 1.57. The Kier molecular flexibility index (Phi) is 5.81. The molecule has 37 heavy (non-hydrogen) atoms. The number of hydrogen-bond donors (Lipinski definition) is 0. The Hall–Kier alpha value is -4.30. The van der Waals surface area contributed by atoms with Crippen LogP contribution >= 0.6 is 11.3 Å². The third-order valence-electron chi connectivity index (χ3n) is 6.76. The standard InChI is InChI=1S/C29H23N3O4S/c1-2-36-22-13-10-18(11-14-22)16-25-28(33)31-27(20-7-5-8-21(17-20)32(34)35)24-15-12-19-6-3-4-9-23(19)26(24)30-29(31)37-25/h3-11,13-14,16-17,27H,2,12,15H2,1H3. The summed E-state index contributed by atoms with van der Waals surface area (Å²) in [6.07, 6.45) is 3.42. The van der Waals surface area contributed by atoms with Gasteiger partial charge in [-0.2, -0.15) is 0 Å². The summed E-state index contributed by atoms with van der Waals surface area (Å²) >= 11 is 1.34. The highest BCUT2D eigenvalue weighted by Crippen LogP contribution is 2.41. The first kappa shape index (κ1) is 23.1. The van der Waals surface area contributed by atoms with Crippen molar-refractivity contribution in [2.24, 2.45) is 4.99 Å². The van der Waals surface area contributed by atoms with E-state index in [1.54, 1.807) is 16.7 Å². The number of rotatable bonds is 5. The van der Waals surface area contributed by atoms with E-state index in [4.69, 9.17) is 9.73 Å². The number of thiazole rings is 1. The summed E-state index contributed by atoms with van der Waals surface area (Å²) in [5.41, 5.74) is 5.61. The molecule has 8 heteroatoms. The van der Waals surface area contributed by atoms with Gasteiger partial charge in [-0.25, -0.2) is 4.99 Å². The first-order valence-electron chi connectivity index (χ1n) is 12.1. The highest BCUT2D eigenvalue weighted by molar-refractivity contribution is 7.07. The molecule has 0 fully saturated rings. The van der Waals surface area contributed by atoms with Gasteiger partial charge in [0.1, 0.15) is 5.75 Å². The van der Waals surface area contributed by atoms with Gasteiger partial charge in [0.15, 0.2) is 4.80 Å². The van der Waals surface area contributed by atoms with Gasteiger partial charge in [0.25, 0.3) is 11.2 Å². The molecule has 1 aliphatic heterocycles. The number of allylic oxidation sites excluding steroid dienone is 1. The number of non-ortho nitro benzene ring substituents is 1. The number of ether oxygens (including phenoxy) is 1. The van der Waals surface area contributed by atoms with E-state index in [9.17, 15) is 14.9 Å². The maximum atomic E-state index is 13.8. The van der Waals surface area contributed by atoms with Gasteiger partial charge in [-0.1, -0.05) is 59.9 Å². The van der Waals surface area contributed by atoms with Crippen LogP contribution in [0.2, 0.25) is 0 Å². The Morgan fingerprint density at radius 1 is 1.11 bits per heavy atom. The normalized spacial score (nSPS) is 16.5. The Morgan fingerprint density at radius 3 is 2.70 bits per heavy atom. The second-order valence-electron chi connectivity index (χ2n) is 8.97. The van der Waals surface area contributed by atoms with Crippen LogP contribution in [0, 0.1) is 10.1 Å². The average Bonchev–Trinajstić information content (AvgIpc) is 3.23. The van der Waals surface area contributed by atoms with E-state index >= 15 is 0 Å². The predicted molar refractivity (Wildman–Crippen MR) is 143 cm³/mol. The van der Waals surface area contributed by atoms with Crippen molar-refractivity contribution in [2.75, 3.05) is 6.61 Å². The zero-order valence-corrected chi connectivity index (χ0v) is 20.9. The molecule has 2 aliphatic rings. The van der Waals surface area contributed by atoms with Crippen molar-refractivity contribution < 1.29 is 9.66 Å². The molecule has 0 radical (unpaired) electrons. The summed E-state index contributed by atoms with van der Waals surface area (Å²) in [5.74, 6) is 0.776. The molecule has 1 aliphatic carbocycles. The monoisotopic (exact) mass is 509 g/mol. The van der Waals surface area contributed by atoms with Crippen LogP contribution in [0.25, 0.3) is 11.8 Å². The summed E-state index contributed by atoms with van der Waals surface area (Å²) in [6, 6.07) is 21.9. The van der Waals surface area contributed by atoms with Crippen molar-refractivity contribution in [3.05, 3.63) is 130 Å². The lowest BCUT2D eigenvalue weighted by Gasteiger charge is -2.30. The molecular formula is C29H23N3O4S. The van der Waals surface area contributed by atoms with E-state index in [0.29, 0.717) is 21.5 Å². The van der Waals surface area contributed by atoms with Crippen molar-refractivity contribution >= 4 is 28.8 Å². The molecule has 1 unspecified atom stereocenters. The smallest absolute Gasteiger partial charge is 0.271 e. The maximum Gasteiger partial charge on any atom is 0.271 e. The lowest BCUT2D eigenvalue weighted by molar-refractivity contribution is -0.384. The van der Waals surface area contributed by atoms with Crippen molar-refractivity contribution in [2.45, 2.75) is 25.8 Å². The van der Waals surface area contributed by atoms with Crippen LogP contribution in [-0.4, -0.2) is 16.1 Å². The summed E-state index contributed by atoms with van der Waals surface area (Å²) in [5, 5.41) is 11.6. The SMILES string of the molecule is CCOc1ccc(C=c2sc3n(c2=O)C(c2cccc([N+](=O)[O-])c2)C2=C(N=3)c3ccccc3CC2)cc1. The van der Waals surface area contributed by atoms with Crippen LogP contribution in [0.1, 0.15) is 41.6 Å². The van der Waals surface area contributed by atoms with Gasteiger partial charge in [-0.3, -0.25) is 19.5 Å². The molecule has 7 nitrogen and oxygen atoms in total. The molecule has 4 aromatic rings. The van der Waals surface area contributed by atoms with Crippen LogP contribution in [0.15, 0.2) is 88.2 Å². The summed E-state index contributed by atoms with van der Waals surface area (Å²) in [6.45, 7) is 2.52. The fourth-order valence-electron chi connectivity index (χ4n) is 5.11. The molecule has 184 valence electrons. The Bertz CT molecular complexity index is 1750. The number of aryl methyl sites for hydroxylation is 1. The largest absolute Gasteiger partial charge is 0.494 e. The van der Waals surface area contributed by atoms with Crippen molar-refractivity contribution in [1.29, 1.82) is 0 Å². The molecule has 6 rings (SSSR count). The van der Waals surface area contributed by atoms with Gasteiger partial charge in [0, 0.05) is 17.7 Å². The van der Waals surface area contributed by atoms with Gasteiger partial charge >= 0.3 is 0 Å². The number of nitro groups is 1. The maximum absolute atomic E-state index is 13.8. The molecule has 0 amide bonds. The minimum absolute atomic E-state index is 0.00405. The molecule has 0 N–H and O–H groups in total. The van der Waals surface area contributed by atoms with Crippen molar-refractivity contribution in [3.8, 4) is 5.75 Å².